The van der Waals surface area contributed by atoms with Crippen molar-refractivity contribution in [1.82, 2.24) is 0 Å². The second-order valence-electron chi connectivity index (χ2n) is 4.89. The summed E-state index contributed by atoms with van der Waals surface area (Å²) in [5, 5.41) is 0. The smallest absolute Gasteiger partial charge is 0.124 e. The van der Waals surface area contributed by atoms with Crippen LogP contribution >= 0.6 is 15.9 Å². The minimum Gasteiger partial charge on any atom is -0.327 e. The molecule has 0 spiro atoms. The van der Waals surface area contributed by atoms with E-state index in [1.807, 2.05) is 0 Å². The molecule has 0 saturated heterocycles. The van der Waals surface area contributed by atoms with Crippen molar-refractivity contribution in [3.8, 4) is 0 Å². The summed E-state index contributed by atoms with van der Waals surface area (Å²) >= 11 is 3.37. The van der Waals surface area contributed by atoms with Gasteiger partial charge in [0.2, 0.25) is 0 Å². The molecular weight excluding hydrogens is 269 g/mol. The van der Waals surface area contributed by atoms with Gasteiger partial charge in [0.15, 0.2) is 0 Å². The zero-order valence-corrected chi connectivity index (χ0v) is 11.6. The van der Waals surface area contributed by atoms with E-state index in [-0.39, 0.29) is 17.3 Å². The monoisotopic (exact) mass is 287 g/mol. The molecule has 90 valence electrons. The molecule has 0 saturated carbocycles. The van der Waals surface area contributed by atoms with Crippen LogP contribution in [0.5, 0.6) is 0 Å². The predicted molar refractivity (Wildman–Crippen MR) is 69.9 cm³/mol. The van der Waals surface area contributed by atoms with Gasteiger partial charge in [0.05, 0.1) is 0 Å². The third-order valence-corrected chi connectivity index (χ3v) is 4.11. The summed E-state index contributed by atoms with van der Waals surface area (Å²) in [5.41, 5.74) is 7.36. The second kappa shape index (κ2) is 5.28. The maximum atomic E-state index is 12.9. The molecule has 0 aliphatic carbocycles. The van der Waals surface area contributed by atoms with Crippen molar-refractivity contribution in [3.05, 3.63) is 34.1 Å². The second-order valence-corrected chi connectivity index (χ2v) is 5.74. The minimum absolute atomic E-state index is 0.0826. The Morgan fingerprint density at radius 1 is 1.44 bits per heavy atom. The van der Waals surface area contributed by atoms with Crippen LogP contribution in [0.4, 0.5) is 4.39 Å². The summed E-state index contributed by atoms with van der Waals surface area (Å²) in [6, 6.07) is 4.84. The Morgan fingerprint density at radius 2 is 2.06 bits per heavy atom. The summed E-state index contributed by atoms with van der Waals surface area (Å²) in [4.78, 5) is 0. The molecule has 0 fully saturated rings. The van der Waals surface area contributed by atoms with Crippen LogP contribution in [0.15, 0.2) is 22.7 Å². The Balaban J connectivity index is 2.81. The maximum Gasteiger partial charge on any atom is 0.124 e. The molecule has 0 heterocycles. The molecule has 0 aliphatic rings. The van der Waals surface area contributed by atoms with Gasteiger partial charge in [-0.15, -0.1) is 0 Å². The SMILES string of the molecule is CCC(C)(C)C(N)Cc1ccc(F)cc1Br. The quantitative estimate of drug-likeness (QED) is 0.893. The van der Waals surface area contributed by atoms with Crippen molar-refractivity contribution in [1.29, 1.82) is 0 Å². The van der Waals surface area contributed by atoms with E-state index in [1.165, 1.54) is 12.1 Å². The molecule has 0 amide bonds. The molecule has 16 heavy (non-hydrogen) atoms. The van der Waals surface area contributed by atoms with E-state index in [9.17, 15) is 4.39 Å². The number of nitrogens with two attached hydrogens (primary N) is 1. The first-order valence-electron chi connectivity index (χ1n) is 5.56. The molecule has 1 nitrogen and oxygen atoms in total. The third kappa shape index (κ3) is 3.29. The van der Waals surface area contributed by atoms with E-state index in [0.717, 1.165) is 22.9 Å². The number of halogens is 2. The van der Waals surface area contributed by atoms with Crippen LogP contribution in [0.3, 0.4) is 0 Å². The topological polar surface area (TPSA) is 26.0 Å². The van der Waals surface area contributed by atoms with Gasteiger partial charge in [0.25, 0.3) is 0 Å². The van der Waals surface area contributed by atoms with Gasteiger partial charge in [-0.2, -0.15) is 0 Å². The van der Waals surface area contributed by atoms with Crippen LogP contribution in [0, 0.1) is 11.2 Å². The Hall–Kier alpha value is -0.410. The third-order valence-electron chi connectivity index (χ3n) is 3.37. The van der Waals surface area contributed by atoms with Crippen LogP contribution in [-0.2, 0) is 6.42 Å². The van der Waals surface area contributed by atoms with Crippen LogP contribution in [-0.4, -0.2) is 6.04 Å². The van der Waals surface area contributed by atoms with Crippen LogP contribution < -0.4 is 5.73 Å². The zero-order valence-electron chi connectivity index (χ0n) is 10.1. The minimum atomic E-state index is -0.223. The average molecular weight is 288 g/mol. The molecule has 0 aromatic heterocycles. The molecule has 3 heteroatoms. The van der Waals surface area contributed by atoms with Gasteiger partial charge in [0.1, 0.15) is 5.82 Å². The Morgan fingerprint density at radius 3 is 2.56 bits per heavy atom. The highest BCUT2D eigenvalue weighted by Gasteiger charge is 2.24. The van der Waals surface area contributed by atoms with Gasteiger partial charge in [-0.1, -0.05) is 42.8 Å². The molecule has 1 unspecified atom stereocenters. The van der Waals surface area contributed by atoms with E-state index in [2.05, 4.69) is 36.7 Å². The Kier molecular flexibility index (Phi) is 4.51. The molecule has 1 aromatic carbocycles. The highest BCUT2D eigenvalue weighted by Crippen LogP contribution is 2.28. The van der Waals surface area contributed by atoms with E-state index in [0.29, 0.717) is 0 Å². The summed E-state index contributed by atoms with van der Waals surface area (Å²) in [7, 11) is 0. The highest BCUT2D eigenvalue weighted by atomic mass is 79.9. The lowest BCUT2D eigenvalue weighted by Crippen LogP contribution is -2.38. The lowest BCUT2D eigenvalue weighted by Gasteiger charge is -2.30. The van der Waals surface area contributed by atoms with Gasteiger partial charge in [-0.05, 0) is 36.0 Å². The lowest BCUT2D eigenvalue weighted by atomic mass is 9.79. The predicted octanol–water partition coefficient (Wildman–Crippen LogP) is 3.89. The molecule has 1 atom stereocenters. The summed E-state index contributed by atoms with van der Waals surface area (Å²) in [6.45, 7) is 6.46. The van der Waals surface area contributed by atoms with Crippen molar-refractivity contribution >= 4 is 15.9 Å². The summed E-state index contributed by atoms with van der Waals surface area (Å²) in [6.07, 6.45) is 1.80. The number of benzene rings is 1. The number of hydrogen-bond acceptors (Lipinski definition) is 1. The lowest BCUT2D eigenvalue weighted by molar-refractivity contribution is 0.272. The van der Waals surface area contributed by atoms with Crippen molar-refractivity contribution in [2.75, 3.05) is 0 Å². The van der Waals surface area contributed by atoms with E-state index >= 15 is 0 Å². The van der Waals surface area contributed by atoms with Gasteiger partial charge in [-0.3, -0.25) is 0 Å². The average Bonchev–Trinajstić information content (AvgIpc) is 2.22. The molecular formula is C13H19BrFN. The maximum absolute atomic E-state index is 12.9. The van der Waals surface area contributed by atoms with Crippen LogP contribution in [0.25, 0.3) is 0 Å². The van der Waals surface area contributed by atoms with E-state index in [4.69, 9.17) is 5.73 Å². The van der Waals surface area contributed by atoms with Gasteiger partial charge in [-0.25, -0.2) is 4.39 Å². The largest absolute Gasteiger partial charge is 0.327 e. The molecule has 0 radical (unpaired) electrons. The summed E-state index contributed by atoms with van der Waals surface area (Å²) < 4.78 is 13.7. The van der Waals surface area contributed by atoms with Crippen LogP contribution in [0.1, 0.15) is 32.8 Å². The fourth-order valence-corrected chi connectivity index (χ4v) is 1.98. The number of hydrogen-bond donors (Lipinski definition) is 1. The Bertz CT molecular complexity index is 363. The van der Waals surface area contributed by atoms with Crippen molar-refractivity contribution < 1.29 is 4.39 Å². The zero-order chi connectivity index (χ0) is 12.3. The van der Waals surface area contributed by atoms with Crippen molar-refractivity contribution in [2.45, 2.75) is 39.7 Å². The molecule has 0 bridgehead atoms. The molecule has 0 aliphatic heterocycles. The van der Waals surface area contributed by atoms with Crippen molar-refractivity contribution in [3.63, 3.8) is 0 Å². The fraction of sp³-hybridized carbons (Fsp3) is 0.538. The molecule has 1 aromatic rings. The van der Waals surface area contributed by atoms with Crippen molar-refractivity contribution in [2.24, 2.45) is 11.1 Å². The molecule has 2 N–H and O–H groups in total. The van der Waals surface area contributed by atoms with E-state index in [1.54, 1.807) is 6.07 Å². The first kappa shape index (κ1) is 13.7. The van der Waals surface area contributed by atoms with Gasteiger partial charge >= 0.3 is 0 Å². The van der Waals surface area contributed by atoms with Gasteiger partial charge in [0, 0.05) is 10.5 Å². The first-order valence-corrected chi connectivity index (χ1v) is 6.35. The van der Waals surface area contributed by atoms with E-state index < -0.39 is 0 Å². The Labute approximate surface area is 105 Å². The number of rotatable bonds is 4. The summed E-state index contributed by atoms with van der Waals surface area (Å²) in [5.74, 6) is -0.223. The fourth-order valence-electron chi connectivity index (χ4n) is 1.46. The van der Waals surface area contributed by atoms with Gasteiger partial charge < -0.3 is 5.73 Å². The first-order chi connectivity index (χ1) is 7.36. The molecule has 1 rings (SSSR count). The highest BCUT2D eigenvalue weighted by molar-refractivity contribution is 9.10. The standard InChI is InChI=1S/C13H19BrFN/c1-4-13(2,3)12(16)7-9-5-6-10(15)8-11(9)14/h5-6,8,12H,4,7,16H2,1-3H3. The van der Waals surface area contributed by atoms with Crippen LogP contribution in [0.2, 0.25) is 0 Å². The normalized spacial score (nSPS) is 13.9.